The van der Waals surface area contributed by atoms with E-state index in [0.717, 1.165) is 13.0 Å². The Labute approximate surface area is 133 Å². The van der Waals surface area contributed by atoms with E-state index in [-0.39, 0.29) is 24.4 Å². The van der Waals surface area contributed by atoms with Gasteiger partial charge >= 0.3 is 0 Å². The van der Waals surface area contributed by atoms with Gasteiger partial charge in [-0.1, -0.05) is 13.8 Å². The third-order valence-electron chi connectivity index (χ3n) is 3.23. The maximum atomic E-state index is 12.0. The summed E-state index contributed by atoms with van der Waals surface area (Å²) in [4.78, 5) is 14.6. The first-order valence-electron chi connectivity index (χ1n) is 6.96. The highest BCUT2D eigenvalue weighted by Crippen LogP contribution is 2.30. The van der Waals surface area contributed by atoms with Crippen molar-refractivity contribution in [3.05, 3.63) is 21.4 Å². The number of rotatable bonds is 7. The van der Waals surface area contributed by atoms with Gasteiger partial charge in [-0.15, -0.1) is 23.7 Å². The van der Waals surface area contributed by atoms with Gasteiger partial charge in [0, 0.05) is 16.2 Å². The number of carbonyl (C=O) groups is 1. The number of halogens is 1. The number of carbonyl (C=O) groups excluding carboxylic acids is 1. The minimum atomic E-state index is 0. The van der Waals surface area contributed by atoms with Crippen LogP contribution in [-0.2, 0) is 4.79 Å². The average Bonchev–Trinajstić information content (AvgIpc) is 2.65. The zero-order valence-electron chi connectivity index (χ0n) is 13.1. The predicted octanol–water partition coefficient (Wildman–Crippen LogP) is 3.60. The van der Waals surface area contributed by atoms with Crippen LogP contribution in [-0.4, -0.2) is 19.5 Å². The molecule has 116 valence electrons. The van der Waals surface area contributed by atoms with Gasteiger partial charge in [-0.25, -0.2) is 0 Å². The molecule has 1 aromatic rings. The summed E-state index contributed by atoms with van der Waals surface area (Å²) in [7, 11) is 1.91. The Morgan fingerprint density at radius 2 is 2.00 bits per heavy atom. The molecule has 1 unspecified atom stereocenters. The molecule has 5 heteroatoms. The molecule has 0 radical (unpaired) electrons. The van der Waals surface area contributed by atoms with E-state index in [0.29, 0.717) is 12.3 Å². The monoisotopic (exact) mass is 318 g/mol. The van der Waals surface area contributed by atoms with Crippen LogP contribution in [0.4, 0.5) is 0 Å². The van der Waals surface area contributed by atoms with Crippen LogP contribution in [0.25, 0.3) is 0 Å². The van der Waals surface area contributed by atoms with Gasteiger partial charge in [-0.3, -0.25) is 4.79 Å². The van der Waals surface area contributed by atoms with Gasteiger partial charge in [-0.05, 0) is 51.4 Å². The zero-order chi connectivity index (χ0) is 14.4. The summed E-state index contributed by atoms with van der Waals surface area (Å²) >= 11 is 1.80. The van der Waals surface area contributed by atoms with Crippen molar-refractivity contribution in [1.29, 1.82) is 0 Å². The van der Waals surface area contributed by atoms with Gasteiger partial charge in [0.25, 0.3) is 0 Å². The second-order valence-corrected chi connectivity index (χ2v) is 6.83. The number of thiophene rings is 1. The largest absolute Gasteiger partial charge is 0.349 e. The lowest BCUT2D eigenvalue weighted by Crippen LogP contribution is -2.32. The molecular formula is C15H27ClN2OS. The summed E-state index contributed by atoms with van der Waals surface area (Å²) in [6.45, 7) is 9.45. The normalized spacial score (nSPS) is 12.1. The number of hydrogen-bond donors (Lipinski definition) is 2. The van der Waals surface area contributed by atoms with Gasteiger partial charge in [0.2, 0.25) is 5.91 Å². The van der Waals surface area contributed by atoms with Crippen LogP contribution < -0.4 is 10.6 Å². The van der Waals surface area contributed by atoms with Gasteiger partial charge in [0.05, 0.1) is 6.04 Å². The summed E-state index contributed by atoms with van der Waals surface area (Å²) in [5, 5.41) is 6.25. The van der Waals surface area contributed by atoms with E-state index in [1.54, 1.807) is 11.3 Å². The van der Waals surface area contributed by atoms with Crippen LogP contribution in [0.2, 0.25) is 0 Å². The van der Waals surface area contributed by atoms with Crippen molar-refractivity contribution in [2.45, 2.75) is 46.6 Å². The van der Waals surface area contributed by atoms with E-state index in [9.17, 15) is 4.79 Å². The van der Waals surface area contributed by atoms with Gasteiger partial charge in [0.15, 0.2) is 0 Å². The van der Waals surface area contributed by atoms with Crippen LogP contribution in [0.5, 0.6) is 0 Å². The van der Waals surface area contributed by atoms with E-state index >= 15 is 0 Å². The molecule has 0 fully saturated rings. The molecule has 0 aliphatic heterocycles. The van der Waals surface area contributed by atoms with Crippen LogP contribution in [0.3, 0.4) is 0 Å². The Kier molecular flexibility index (Phi) is 9.10. The molecule has 2 N–H and O–H groups in total. The first kappa shape index (κ1) is 19.4. The molecule has 0 spiro atoms. The molecule has 1 amide bonds. The molecule has 20 heavy (non-hydrogen) atoms. The SMILES string of the molecule is CNCCCC(=O)NC(c1cc(C)sc1C)C(C)C.Cl. The number of nitrogens with one attached hydrogen (secondary N) is 2. The van der Waals surface area contributed by atoms with Gasteiger partial charge in [-0.2, -0.15) is 0 Å². The van der Waals surface area contributed by atoms with Crippen molar-refractivity contribution in [2.24, 2.45) is 5.92 Å². The third-order valence-corrected chi connectivity index (χ3v) is 4.21. The summed E-state index contributed by atoms with van der Waals surface area (Å²) in [5.41, 5.74) is 1.28. The van der Waals surface area contributed by atoms with Crippen molar-refractivity contribution < 1.29 is 4.79 Å². The van der Waals surface area contributed by atoms with Crippen molar-refractivity contribution >= 4 is 29.7 Å². The fourth-order valence-corrected chi connectivity index (χ4v) is 3.21. The van der Waals surface area contributed by atoms with Crippen LogP contribution in [0.1, 0.15) is 48.0 Å². The van der Waals surface area contributed by atoms with E-state index in [1.807, 2.05) is 7.05 Å². The Hall–Kier alpha value is -0.580. The highest BCUT2D eigenvalue weighted by Gasteiger charge is 2.21. The molecule has 3 nitrogen and oxygen atoms in total. The average molecular weight is 319 g/mol. The molecule has 0 saturated carbocycles. The van der Waals surface area contributed by atoms with Crippen LogP contribution in [0, 0.1) is 19.8 Å². The maximum absolute atomic E-state index is 12.0. The van der Waals surface area contributed by atoms with E-state index in [1.165, 1.54) is 15.3 Å². The van der Waals surface area contributed by atoms with Crippen molar-refractivity contribution in [1.82, 2.24) is 10.6 Å². The molecule has 0 aliphatic carbocycles. The van der Waals surface area contributed by atoms with E-state index < -0.39 is 0 Å². The fourth-order valence-electron chi connectivity index (χ4n) is 2.23. The molecule has 1 atom stereocenters. The molecule has 1 aromatic heterocycles. The van der Waals surface area contributed by atoms with E-state index in [4.69, 9.17) is 0 Å². The molecule has 0 bridgehead atoms. The predicted molar refractivity (Wildman–Crippen MR) is 89.9 cm³/mol. The van der Waals surface area contributed by atoms with Gasteiger partial charge < -0.3 is 10.6 Å². The third kappa shape index (κ3) is 5.81. The lowest BCUT2D eigenvalue weighted by Gasteiger charge is -2.23. The molecule has 0 saturated heterocycles. The van der Waals surface area contributed by atoms with E-state index in [2.05, 4.69) is 44.4 Å². The van der Waals surface area contributed by atoms with Crippen LogP contribution >= 0.6 is 23.7 Å². The molecule has 0 aliphatic rings. The number of aryl methyl sites for hydroxylation is 2. The molecule has 1 rings (SSSR count). The molecule has 0 aromatic carbocycles. The lowest BCUT2D eigenvalue weighted by molar-refractivity contribution is -0.122. The minimum Gasteiger partial charge on any atom is -0.349 e. The zero-order valence-corrected chi connectivity index (χ0v) is 14.7. The Morgan fingerprint density at radius 3 is 2.45 bits per heavy atom. The summed E-state index contributed by atoms with van der Waals surface area (Å²) < 4.78 is 0. The Balaban J connectivity index is 0.00000361. The Bertz CT molecular complexity index is 418. The highest BCUT2D eigenvalue weighted by atomic mass is 35.5. The van der Waals surface area contributed by atoms with Crippen molar-refractivity contribution in [2.75, 3.05) is 13.6 Å². The molecular weight excluding hydrogens is 292 g/mol. The van der Waals surface area contributed by atoms with Crippen LogP contribution in [0.15, 0.2) is 6.07 Å². The summed E-state index contributed by atoms with van der Waals surface area (Å²) in [6.07, 6.45) is 1.47. The Morgan fingerprint density at radius 1 is 1.35 bits per heavy atom. The van der Waals surface area contributed by atoms with Gasteiger partial charge in [0.1, 0.15) is 0 Å². The quantitative estimate of drug-likeness (QED) is 0.754. The molecule has 1 heterocycles. The van der Waals surface area contributed by atoms with Crippen molar-refractivity contribution in [3.63, 3.8) is 0 Å². The number of hydrogen-bond acceptors (Lipinski definition) is 3. The highest BCUT2D eigenvalue weighted by molar-refractivity contribution is 7.12. The topological polar surface area (TPSA) is 41.1 Å². The summed E-state index contributed by atoms with van der Waals surface area (Å²) in [6, 6.07) is 2.34. The summed E-state index contributed by atoms with van der Waals surface area (Å²) in [5.74, 6) is 0.554. The lowest BCUT2D eigenvalue weighted by atomic mass is 9.96. The standard InChI is InChI=1S/C15H26N2OS.ClH/c1-10(2)15(13-9-11(3)19-12(13)4)17-14(18)7-6-8-16-5;/h9-10,15-16H,6-8H2,1-5H3,(H,17,18);1H. The number of amides is 1. The smallest absolute Gasteiger partial charge is 0.220 e. The van der Waals surface area contributed by atoms with Crippen molar-refractivity contribution in [3.8, 4) is 0 Å². The first-order chi connectivity index (χ1) is 8.95. The second kappa shape index (κ2) is 9.37. The first-order valence-corrected chi connectivity index (χ1v) is 7.78. The minimum absolute atomic E-state index is 0. The fraction of sp³-hybridized carbons (Fsp3) is 0.667. The maximum Gasteiger partial charge on any atom is 0.220 e. The second-order valence-electron chi connectivity index (χ2n) is 5.36.